The van der Waals surface area contributed by atoms with Crippen LogP contribution >= 0.6 is 0 Å². The third-order valence-electron chi connectivity index (χ3n) is 3.48. The van der Waals surface area contributed by atoms with Gasteiger partial charge in [-0.1, -0.05) is 6.92 Å². The molecule has 1 amide bonds. The number of ether oxygens (including phenoxy) is 1. The molecule has 2 unspecified atom stereocenters. The molecule has 110 valence electrons. The van der Waals surface area contributed by atoms with Crippen molar-refractivity contribution in [3.05, 3.63) is 18.2 Å². The minimum Gasteiger partial charge on any atom is -0.487 e. The molecule has 1 aliphatic heterocycles. The van der Waals surface area contributed by atoms with Gasteiger partial charge >= 0.3 is 0 Å². The molecule has 0 spiro atoms. The fraction of sp³-hybridized carbons (Fsp3) is 0.533. The number of hydrogen-bond acceptors (Lipinski definition) is 4. The molecule has 20 heavy (non-hydrogen) atoms. The van der Waals surface area contributed by atoms with Crippen LogP contribution in [-0.4, -0.2) is 31.1 Å². The summed E-state index contributed by atoms with van der Waals surface area (Å²) in [5.74, 6) is 0.816. The summed E-state index contributed by atoms with van der Waals surface area (Å²) >= 11 is 0. The van der Waals surface area contributed by atoms with Crippen molar-refractivity contribution >= 4 is 17.3 Å². The number of nitrogens with zero attached hydrogens (tertiary/aromatic N) is 1. The standard InChI is InChI=1S/C15H23N3O2/c1-4-10(2)17-15(19)9-18-8-11(3)20-14-6-5-12(16)7-13(14)18/h5-7,10-11H,4,8-9,16H2,1-3H3,(H,17,19). The van der Waals surface area contributed by atoms with Crippen LogP contribution < -0.4 is 20.7 Å². The summed E-state index contributed by atoms with van der Waals surface area (Å²) in [6, 6.07) is 5.73. The molecule has 1 aromatic rings. The van der Waals surface area contributed by atoms with E-state index in [-0.39, 0.29) is 18.1 Å². The molecule has 0 aromatic heterocycles. The van der Waals surface area contributed by atoms with Gasteiger partial charge in [0.2, 0.25) is 5.91 Å². The van der Waals surface area contributed by atoms with Gasteiger partial charge in [-0.05, 0) is 38.5 Å². The van der Waals surface area contributed by atoms with Crippen LogP contribution in [0.2, 0.25) is 0 Å². The van der Waals surface area contributed by atoms with E-state index >= 15 is 0 Å². The largest absolute Gasteiger partial charge is 0.487 e. The molecule has 5 nitrogen and oxygen atoms in total. The highest BCUT2D eigenvalue weighted by Crippen LogP contribution is 2.34. The predicted molar refractivity (Wildman–Crippen MR) is 81.1 cm³/mol. The zero-order chi connectivity index (χ0) is 14.7. The van der Waals surface area contributed by atoms with Gasteiger partial charge in [0.25, 0.3) is 0 Å². The summed E-state index contributed by atoms with van der Waals surface area (Å²) in [4.78, 5) is 14.1. The van der Waals surface area contributed by atoms with Gasteiger partial charge in [0.05, 0.1) is 18.8 Å². The van der Waals surface area contributed by atoms with Crippen molar-refractivity contribution in [3.8, 4) is 5.75 Å². The Bertz CT molecular complexity index is 490. The summed E-state index contributed by atoms with van der Waals surface area (Å²) in [6.45, 7) is 7.07. The van der Waals surface area contributed by atoms with E-state index in [9.17, 15) is 4.79 Å². The van der Waals surface area contributed by atoms with Crippen molar-refractivity contribution in [3.63, 3.8) is 0 Å². The first kappa shape index (κ1) is 14.5. The molecular formula is C15H23N3O2. The molecule has 1 aliphatic rings. The first-order valence-corrected chi connectivity index (χ1v) is 7.10. The van der Waals surface area contributed by atoms with Crippen LogP contribution in [0.15, 0.2) is 18.2 Å². The van der Waals surface area contributed by atoms with Crippen LogP contribution in [0.25, 0.3) is 0 Å². The van der Waals surface area contributed by atoms with Gasteiger partial charge in [0.1, 0.15) is 11.9 Å². The van der Waals surface area contributed by atoms with Crippen LogP contribution in [0.3, 0.4) is 0 Å². The maximum atomic E-state index is 12.1. The fourth-order valence-corrected chi connectivity index (χ4v) is 2.29. The van der Waals surface area contributed by atoms with E-state index in [1.54, 1.807) is 0 Å². The highest BCUT2D eigenvalue weighted by Gasteiger charge is 2.24. The molecule has 3 N–H and O–H groups in total. The summed E-state index contributed by atoms with van der Waals surface area (Å²) in [6.07, 6.45) is 0.983. The van der Waals surface area contributed by atoms with Crippen molar-refractivity contribution in [2.24, 2.45) is 0 Å². The van der Waals surface area contributed by atoms with Crippen molar-refractivity contribution in [2.45, 2.75) is 39.3 Å². The van der Waals surface area contributed by atoms with Gasteiger partial charge in [0.15, 0.2) is 0 Å². The lowest BCUT2D eigenvalue weighted by Crippen LogP contribution is -2.46. The fourth-order valence-electron chi connectivity index (χ4n) is 2.29. The first-order valence-electron chi connectivity index (χ1n) is 7.10. The third-order valence-corrected chi connectivity index (χ3v) is 3.48. The Hall–Kier alpha value is -1.91. The zero-order valence-corrected chi connectivity index (χ0v) is 12.3. The van der Waals surface area contributed by atoms with E-state index in [0.29, 0.717) is 18.8 Å². The molecule has 1 heterocycles. The number of benzene rings is 1. The van der Waals surface area contributed by atoms with E-state index in [1.165, 1.54) is 0 Å². The molecule has 0 saturated carbocycles. The van der Waals surface area contributed by atoms with Gasteiger partial charge in [-0.25, -0.2) is 0 Å². The molecule has 0 radical (unpaired) electrons. The Balaban J connectivity index is 2.12. The normalized spacial score (nSPS) is 18.9. The van der Waals surface area contributed by atoms with Crippen LogP contribution in [0.5, 0.6) is 5.75 Å². The predicted octanol–water partition coefficient (Wildman–Crippen LogP) is 1.77. The van der Waals surface area contributed by atoms with E-state index in [1.807, 2.05) is 36.9 Å². The maximum absolute atomic E-state index is 12.1. The minimum absolute atomic E-state index is 0.0295. The molecule has 5 heteroatoms. The second-order valence-corrected chi connectivity index (χ2v) is 5.41. The van der Waals surface area contributed by atoms with Gasteiger partial charge in [-0.3, -0.25) is 4.79 Å². The Kier molecular flexibility index (Phi) is 4.37. The number of anilines is 2. The van der Waals surface area contributed by atoms with Crippen molar-refractivity contribution in [2.75, 3.05) is 23.7 Å². The number of rotatable bonds is 4. The second-order valence-electron chi connectivity index (χ2n) is 5.41. The molecule has 2 rings (SSSR count). The van der Waals surface area contributed by atoms with E-state index in [2.05, 4.69) is 12.2 Å². The molecule has 1 aromatic carbocycles. The van der Waals surface area contributed by atoms with Gasteiger partial charge in [-0.15, -0.1) is 0 Å². The second kappa shape index (κ2) is 6.03. The van der Waals surface area contributed by atoms with Crippen molar-refractivity contribution in [1.29, 1.82) is 0 Å². The maximum Gasteiger partial charge on any atom is 0.239 e. The topological polar surface area (TPSA) is 67.6 Å². The Labute approximate surface area is 120 Å². The number of fused-ring (bicyclic) bond motifs is 1. The minimum atomic E-state index is 0.0295. The first-order chi connectivity index (χ1) is 9.49. The molecular weight excluding hydrogens is 254 g/mol. The summed E-state index contributed by atoms with van der Waals surface area (Å²) in [7, 11) is 0. The summed E-state index contributed by atoms with van der Waals surface area (Å²) in [5, 5.41) is 2.98. The van der Waals surface area contributed by atoms with Gasteiger partial charge in [-0.2, -0.15) is 0 Å². The molecule has 0 aliphatic carbocycles. The van der Waals surface area contributed by atoms with E-state index < -0.39 is 0 Å². The molecule has 0 bridgehead atoms. The van der Waals surface area contributed by atoms with Crippen LogP contribution in [0.1, 0.15) is 27.2 Å². The highest BCUT2D eigenvalue weighted by molar-refractivity contribution is 5.83. The van der Waals surface area contributed by atoms with Crippen LogP contribution in [0, 0.1) is 0 Å². The zero-order valence-electron chi connectivity index (χ0n) is 12.3. The van der Waals surface area contributed by atoms with Crippen LogP contribution in [0.4, 0.5) is 11.4 Å². The quantitative estimate of drug-likeness (QED) is 0.823. The number of amides is 1. The smallest absolute Gasteiger partial charge is 0.239 e. The highest BCUT2D eigenvalue weighted by atomic mass is 16.5. The molecule has 2 atom stereocenters. The SMILES string of the molecule is CCC(C)NC(=O)CN1CC(C)Oc2ccc(N)cc21. The lowest BCUT2D eigenvalue weighted by Gasteiger charge is -2.34. The van der Waals surface area contributed by atoms with Gasteiger partial charge < -0.3 is 20.7 Å². The van der Waals surface area contributed by atoms with Crippen molar-refractivity contribution in [1.82, 2.24) is 5.32 Å². The average molecular weight is 277 g/mol. The number of carbonyl (C=O) groups excluding carboxylic acids is 1. The van der Waals surface area contributed by atoms with E-state index in [0.717, 1.165) is 17.9 Å². The van der Waals surface area contributed by atoms with E-state index in [4.69, 9.17) is 10.5 Å². The lowest BCUT2D eigenvalue weighted by molar-refractivity contribution is -0.120. The molecule has 0 saturated heterocycles. The number of carbonyl (C=O) groups is 1. The number of nitrogens with one attached hydrogen (secondary N) is 1. The average Bonchev–Trinajstić information content (AvgIpc) is 2.39. The Morgan fingerprint density at radius 3 is 3.05 bits per heavy atom. The number of nitrogens with two attached hydrogens (primary N) is 1. The Morgan fingerprint density at radius 2 is 2.35 bits per heavy atom. The monoisotopic (exact) mass is 277 g/mol. The molecule has 0 fully saturated rings. The summed E-state index contributed by atoms with van der Waals surface area (Å²) < 4.78 is 5.77. The van der Waals surface area contributed by atoms with Crippen molar-refractivity contribution < 1.29 is 9.53 Å². The summed E-state index contributed by atoms with van der Waals surface area (Å²) in [5.41, 5.74) is 7.40. The van der Waals surface area contributed by atoms with Gasteiger partial charge in [0, 0.05) is 11.7 Å². The number of nitrogen functional groups attached to an aromatic ring is 1. The number of hydrogen-bond donors (Lipinski definition) is 2. The lowest BCUT2D eigenvalue weighted by atomic mass is 10.1. The third kappa shape index (κ3) is 3.35. The Morgan fingerprint density at radius 1 is 1.60 bits per heavy atom. The van der Waals surface area contributed by atoms with Crippen LogP contribution in [-0.2, 0) is 4.79 Å².